The first-order chi connectivity index (χ1) is 60.4. The number of nitrogens with zero attached hydrogens (tertiary/aromatic N) is 8. The van der Waals surface area contributed by atoms with Gasteiger partial charge in [0.2, 0.25) is 17.7 Å². The van der Waals surface area contributed by atoms with Gasteiger partial charge in [-0.25, -0.2) is 48.7 Å². The third-order valence-corrected chi connectivity index (χ3v) is 23.4. The van der Waals surface area contributed by atoms with E-state index in [0.717, 1.165) is 165 Å². The molecule has 126 heavy (non-hydrogen) atoms. The molecule has 0 aliphatic carbocycles. The minimum Gasteiger partial charge on any atom is -0.480 e. The molecular formula is C93H114N16O17. The maximum Gasteiger partial charge on any atom is 0.410 e. The van der Waals surface area contributed by atoms with Crippen molar-refractivity contribution in [2.24, 2.45) is 11.8 Å². The first kappa shape index (κ1) is 92.0. The van der Waals surface area contributed by atoms with Gasteiger partial charge in [0.1, 0.15) is 47.0 Å². The third kappa shape index (κ3) is 21.8. The molecule has 4 saturated heterocycles. The number of fused-ring (bicyclic) bond motifs is 2. The number of rotatable bonds is 24. The van der Waals surface area contributed by atoms with E-state index in [0.29, 0.717) is 32.0 Å². The Morgan fingerprint density at radius 1 is 0.365 bits per heavy atom. The smallest absolute Gasteiger partial charge is 0.410 e. The van der Waals surface area contributed by atoms with E-state index in [1.807, 2.05) is 76.9 Å². The minimum absolute atomic E-state index is 0.0963. The number of alkyl carbamates (subject to hydrolysis) is 4. The third-order valence-electron chi connectivity index (χ3n) is 23.4. The monoisotopic (exact) mass is 1730 g/mol. The molecule has 14 rings (SSSR count). The molecule has 0 spiro atoms. The molecule has 0 bridgehead atoms. The van der Waals surface area contributed by atoms with Crippen molar-refractivity contribution in [1.82, 2.24) is 80.7 Å². The molecular weight excluding hydrogens is 1610 g/mol. The summed E-state index contributed by atoms with van der Waals surface area (Å²) in [6, 6.07) is 38.1. The number of amides is 8. The Hall–Kier alpha value is -13.2. The second kappa shape index (κ2) is 41.1. The fourth-order valence-corrected chi connectivity index (χ4v) is 16.4. The Morgan fingerprint density at radius 3 is 0.937 bits per heavy atom. The van der Waals surface area contributed by atoms with Gasteiger partial charge in [-0.15, -0.1) is 0 Å². The van der Waals surface area contributed by atoms with Crippen LogP contribution < -0.4 is 21.3 Å². The number of hydrogen-bond acceptors (Lipinski definition) is 20. The van der Waals surface area contributed by atoms with Gasteiger partial charge in [0.15, 0.2) is 6.04 Å². The maximum atomic E-state index is 13.6. The largest absolute Gasteiger partial charge is 0.480 e. The zero-order valence-corrected chi connectivity index (χ0v) is 73.8. The summed E-state index contributed by atoms with van der Waals surface area (Å²) in [7, 11) is 7.87. The van der Waals surface area contributed by atoms with Crippen molar-refractivity contribution in [2.45, 2.75) is 180 Å². The van der Waals surface area contributed by atoms with Crippen LogP contribution in [0.2, 0.25) is 0 Å². The number of likely N-dealkylation sites (tertiary alicyclic amines) is 4. The van der Waals surface area contributed by atoms with Gasteiger partial charge in [-0.3, -0.25) is 19.3 Å². The molecule has 33 heteroatoms. The number of carbonyl (C=O) groups excluding carboxylic acids is 8. The molecule has 668 valence electrons. The van der Waals surface area contributed by atoms with Gasteiger partial charge in [-0.1, -0.05) is 125 Å². The lowest BCUT2D eigenvalue weighted by Crippen LogP contribution is -2.54. The van der Waals surface area contributed by atoms with E-state index in [1.54, 1.807) is 22.9 Å². The van der Waals surface area contributed by atoms with Crippen LogP contribution in [0.1, 0.15) is 161 Å². The number of aliphatic carboxylic acids is 1. The molecule has 4 aliphatic rings. The number of carboxylic acids is 1. The molecule has 10 aromatic rings. The number of carboxylic acid groups (broad SMARTS) is 1. The Labute approximate surface area is 731 Å². The van der Waals surface area contributed by atoms with E-state index in [9.17, 15) is 43.2 Å². The Kier molecular flexibility index (Phi) is 30.0. The van der Waals surface area contributed by atoms with Crippen LogP contribution in [0.3, 0.4) is 0 Å². The van der Waals surface area contributed by atoms with Crippen molar-refractivity contribution in [3.8, 4) is 67.3 Å². The predicted molar refractivity (Wildman–Crippen MR) is 473 cm³/mol. The van der Waals surface area contributed by atoms with Crippen molar-refractivity contribution >= 4 is 75.7 Å². The van der Waals surface area contributed by atoms with Crippen LogP contribution in [0.25, 0.3) is 88.8 Å². The number of aromatic nitrogens is 8. The molecule has 8 heterocycles. The van der Waals surface area contributed by atoms with Crippen LogP contribution in [0, 0.1) is 11.8 Å². The number of hydrogen-bond donors (Lipinski definition) is 9. The lowest BCUT2D eigenvalue weighted by Gasteiger charge is -2.30. The van der Waals surface area contributed by atoms with Crippen LogP contribution in [0.4, 0.5) is 24.0 Å². The summed E-state index contributed by atoms with van der Waals surface area (Å²) in [5, 5.41) is 23.2. The molecule has 33 nitrogen and oxygen atoms in total. The quantitative estimate of drug-likeness (QED) is 0.0254. The highest BCUT2D eigenvalue weighted by Gasteiger charge is 2.42. The van der Waals surface area contributed by atoms with Gasteiger partial charge in [-0.05, 0) is 177 Å². The topological polar surface area (TPSA) is 414 Å². The van der Waals surface area contributed by atoms with Crippen molar-refractivity contribution in [3.05, 3.63) is 169 Å². The highest BCUT2D eigenvalue weighted by Crippen LogP contribution is 2.40. The molecule has 0 saturated carbocycles. The molecule has 4 aromatic heterocycles. The number of H-pyrrole nitrogens is 4. The van der Waals surface area contributed by atoms with E-state index in [4.69, 9.17) is 43.5 Å². The lowest BCUT2D eigenvalue weighted by atomic mass is 9.98. The summed E-state index contributed by atoms with van der Waals surface area (Å²) in [5.74, 6) is 1.05. The normalized spacial score (nSPS) is 17.7. The van der Waals surface area contributed by atoms with Crippen LogP contribution in [0.15, 0.2) is 146 Å². The highest BCUT2D eigenvalue weighted by molar-refractivity contribution is 5.93. The van der Waals surface area contributed by atoms with Crippen molar-refractivity contribution < 1.29 is 81.4 Å². The molecule has 0 unspecified atom stereocenters. The first-order valence-corrected chi connectivity index (χ1v) is 42.5. The van der Waals surface area contributed by atoms with E-state index in [2.05, 4.69) is 177 Å². The van der Waals surface area contributed by atoms with Gasteiger partial charge < -0.3 is 94.2 Å². The molecule has 4 fully saturated rings. The van der Waals surface area contributed by atoms with Crippen LogP contribution in [-0.4, -0.2) is 230 Å². The maximum absolute atomic E-state index is 13.6. The second-order valence-electron chi connectivity index (χ2n) is 33.5. The number of imidazole rings is 4. The van der Waals surface area contributed by atoms with Crippen LogP contribution >= 0.6 is 0 Å². The molecule has 4 aliphatic heterocycles. The average Bonchev–Trinajstić information content (AvgIpc) is 1.79. The fraction of sp³-hybridized carbons (Fsp3) is 0.430. The Balaban J connectivity index is 0.000000201. The summed E-state index contributed by atoms with van der Waals surface area (Å²) < 4.78 is 34.4. The average molecular weight is 1730 g/mol. The number of nitrogens with one attached hydrogen (secondary N) is 8. The second-order valence-corrected chi connectivity index (χ2v) is 33.5. The number of ether oxygens (including phenoxy) is 7. The summed E-state index contributed by atoms with van der Waals surface area (Å²) in [5.41, 5.74) is 11.3. The lowest BCUT2D eigenvalue weighted by molar-refractivity contribution is -0.142. The Bertz CT molecular complexity index is 5500. The highest BCUT2D eigenvalue weighted by atomic mass is 16.6. The minimum atomic E-state index is -1.17. The van der Waals surface area contributed by atoms with Crippen LogP contribution in [-0.2, 0) is 52.3 Å². The Morgan fingerprint density at radius 2 is 0.627 bits per heavy atom. The van der Waals surface area contributed by atoms with Gasteiger partial charge in [0, 0.05) is 51.5 Å². The van der Waals surface area contributed by atoms with Crippen LogP contribution in [0.5, 0.6) is 0 Å². The molecule has 0 radical (unpaired) electrons. The zero-order valence-electron chi connectivity index (χ0n) is 73.8. The number of carbonyl (C=O) groups is 9. The van der Waals surface area contributed by atoms with E-state index < -0.39 is 72.3 Å². The van der Waals surface area contributed by atoms with Gasteiger partial charge in [0.25, 0.3) is 0 Å². The van der Waals surface area contributed by atoms with E-state index in [1.165, 1.54) is 42.5 Å². The summed E-state index contributed by atoms with van der Waals surface area (Å²) in [6.45, 7) is 18.9. The first-order valence-electron chi connectivity index (χ1n) is 42.5. The zero-order chi connectivity index (χ0) is 90.4. The van der Waals surface area contributed by atoms with Crippen molar-refractivity contribution in [3.63, 3.8) is 0 Å². The SMILES string of the molecule is COC(=O)N[C@H](C(=O)N1CCC[C@H]1c1ncc(-c2ccc3cc(-c4ccc(-c5cnc([C@@H]6CCCN6C(=O)OC(C)(C)C)[nH]5)cc4)ccc3c2)[nH]1)C(C)C.COC(=O)N[C@H](C(=O)N1CCC[C@H]1c1ncc(-c2ccc3cc(-c4ccc(-c5cnc([C@@H]6CCCN6C(=O)[C@@H](NC(=O)OC)[C@@H](C)OC)[nH]5)cc4)ccc3c2)[nH]1)C(C)C.COC(=O)N[C@H](C(=O)O)[C@@H](C)OC. The number of methoxy groups -OCH3 is 6. The van der Waals surface area contributed by atoms with Crippen molar-refractivity contribution in [1.29, 1.82) is 0 Å². The van der Waals surface area contributed by atoms with E-state index in [-0.39, 0.29) is 59.8 Å². The molecule has 8 amide bonds. The molecule has 6 aromatic carbocycles. The summed E-state index contributed by atoms with van der Waals surface area (Å²) in [4.78, 5) is 151. The molecule has 9 N–H and O–H groups in total. The van der Waals surface area contributed by atoms with E-state index >= 15 is 0 Å². The summed E-state index contributed by atoms with van der Waals surface area (Å²) in [6.07, 6.45) is 9.66. The fourth-order valence-electron chi connectivity index (χ4n) is 16.4. The molecule has 10 atom stereocenters. The van der Waals surface area contributed by atoms with Crippen molar-refractivity contribution in [2.75, 3.05) is 68.8 Å². The summed E-state index contributed by atoms with van der Waals surface area (Å²) >= 11 is 0. The number of aromatic amines is 4. The standard InChI is InChI=1S/C44H52N8O7.C42H49N7O5.C7H13NO5/c1-25(2)37(49-43(55)58-5)41(53)51-19-7-9-35(51)40-46-24-34(48-40)32-18-17-30-21-29(15-16-31(30)22-32)27-11-13-28(14-12-27)33-23-45-39(47-33)36-10-8-20-52(36)42(54)38(26(3)57-4)50-44(56)59-6;1-25(2)36(47-40(51)53-6)39(50)48-19-7-9-34(48)37-44-24-33(46-37)31-18-17-29-21-28(15-16-30(29)22-31)26-11-13-27(14-12-26)32-23-43-38(45-32)35-10-8-20-49(35)41(52)54-42(3,4)5;1-4(12-2)5(6(9)10)8-7(11)13-3/h11-18,21-26,35-38H,7-10,19-20H2,1-6H3,(H,45,47)(H,46,48)(H,49,55)(H,50,56);11-18,21-25,34-36H,7-10,19-20H2,1-6H3,(H,43,45)(H,44,46)(H,47,51);4-5H,1-3H3,(H,8,11)(H,9,10)/t26-,35+,36+,37+,38+;34-,35-,36-;4-,5+/m101/s1. The van der Waals surface area contributed by atoms with Gasteiger partial charge >= 0.3 is 36.4 Å². The van der Waals surface area contributed by atoms with Gasteiger partial charge in [-0.2, -0.15) is 0 Å². The van der Waals surface area contributed by atoms with Gasteiger partial charge in [0.05, 0.1) is 112 Å². The predicted octanol–water partition coefficient (Wildman–Crippen LogP) is 15.0. The number of benzene rings is 6.